The Morgan fingerprint density at radius 2 is 1.69 bits per heavy atom. The van der Waals surface area contributed by atoms with Crippen molar-refractivity contribution in [3.05, 3.63) is 94.6 Å². The molecule has 1 N–H and O–H groups in total. The fraction of sp³-hybridized carbons (Fsp3) is 0.207. The Balaban J connectivity index is 1.65. The normalized spacial score (nSPS) is 17.2. The zero-order valence-electron chi connectivity index (χ0n) is 20.3. The van der Waals surface area contributed by atoms with E-state index in [4.69, 9.17) is 4.74 Å². The van der Waals surface area contributed by atoms with E-state index in [0.29, 0.717) is 23.1 Å². The van der Waals surface area contributed by atoms with Crippen LogP contribution in [-0.4, -0.2) is 28.4 Å². The number of hydrogen-bond donors (Lipinski definition) is 1. The summed E-state index contributed by atoms with van der Waals surface area (Å²) < 4.78 is 6.56. The molecule has 36 heavy (non-hydrogen) atoms. The minimum absolute atomic E-state index is 0.0431. The van der Waals surface area contributed by atoms with E-state index in [0.717, 1.165) is 33.3 Å². The maximum absolute atomic E-state index is 13.4. The standard InChI is InChI=1S/C29H26N2O4S/c1-4-15-35-21-12-10-20(11-13-21)26(32)24-25(19-8-5-17(2)6-9-19)31(28(34)27(24)33)29-30-22-14-7-18(3)16-23(22)36-29/h5-14,16,25,32H,4,15H2,1-3H3/b26-24+. The summed E-state index contributed by atoms with van der Waals surface area (Å²) in [5.41, 5.74) is 4.10. The SMILES string of the molecule is CCCOc1ccc(/C(O)=C2\C(=O)C(=O)N(c3nc4ccc(C)cc4s3)C2c2ccc(C)cc2)cc1. The van der Waals surface area contributed by atoms with E-state index in [2.05, 4.69) is 4.98 Å². The number of anilines is 1. The second kappa shape index (κ2) is 9.59. The summed E-state index contributed by atoms with van der Waals surface area (Å²) in [6, 6.07) is 19.6. The highest BCUT2D eigenvalue weighted by Crippen LogP contribution is 2.44. The van der Waals surface area contributed by atoms with Crippen LogP contribution in [0.25, 0.3) is 16.0 Å². The second-order valence-corrected chi connectivity index (χ2v) is 9.93. The van der Waals surface area contributed by atoms with Gasteiger partial charge in [0.05, 0.1) is 28.4 Å². The number of thiazole rings is 1. The van der Waals surface area contributed by atoms with Crippen LogP contribution in [0.2, 0.25) is 0 Å². The molecule has 3 aromatic carbocycles. The lowest BCUT2D eigenvalue weighted by molar-refractivity contribution is -0.132. The number of benzene rings is 3. The third kappa shape index (κ3) is 4.27. The van der Waals surface area contributed by atoms with Gasteiger partial charge in [-0.05, 0) is 67.8 Å². The summed E-state index contributed by atoms with van der Waals surface area (Å²) >= 11 is 1.36. The van der Waals surface area contributed by atoms with Crippen molar-refractivity contribution in [2.75, 3.05) is 11.5 Å². The van der Waals surface area contributed by atoms with E-state index in [1.54, 1.807) is 24.3 Å². The number of ketones is 1. The van der Waals surface area contributed by atoms with Crippen LogP contribution in [0.5, 0.6) is 5.75 Å². The monoisotopic (exact) mass is 498 g/mol. The predicted octanol–water partition coefficient (Wildman–Crippen LogP) is 6.33. The molecule has 1 aliphatic heterocycles. The third-order valence-corrected chi connectivity index (χ3v) is 7.19. The zero-order chi connectivity index (χ0) is 25.4. The van der Waals surface area contributed by atoms with E-state index in [9.17, 15) is 14.7 Å². The molecule has 1 atom stereocenters. The van der Waals surface area contributed by atoms with Crippen molar-refractivity contribution in [3.8, 4) is 5.75 Å². The summed E-state index contributed by atoms with van der Waals surface area (Å²) in [7, 11) is 0. The van der Waals surface area contributed by atoms with Crippen LogP contribution < -0.4 is 9.64 Å². The van der Waals surface area contributed by atoms with Crippen LogP contribution in [0.4, 0.5) is 5.13 Å². The summed E-state index contributed by atoms with van der Waals surface area (Å²) in [5, 5.41) is 11.7. The second-order valence-electron chi connectivity index (χ2n) is 8.92. The number of aliphatic hydroxyl groups excluding tert-OH is 1. The Morgan fingerprint density at radius 3 is 2.39 bits per heavy atom. The van der Waals surface area contributed by atoms with Gasteiger partial charge in [0.1, 0.15) is 11.5 Å². The molecule has 182 valence electrons. The number of carbonyl (C=O) groups is 2. The first kappa shape index (κ1) is 23.8. The van der Waals surface area contributed by atoms with Crippen LogP contribution in [0, 0.1) is 13.8 Å². The predicted molar refractivity (Wildman–Crippen MR) is 143 cm³/mol. The largest absolute Gasteiger partial charge is 0.507 e. The molecule has 7 heteroatoms. The van der Waals surface area contributed by atoms with Crippen molar-refractivity contribution in [1.29, 1.82) is 0 Å². The van der Waals surface area contributed by atoms with Gasteiger partial charge in [0.25, 0.3) is 5.78 Å². The van der Waals surface area contributed by atoms with E-state index < -0.39 is 17.7 Å². The number of fused-ring (bicyclic) bond motifs is 1. The molecule has 5 rings (SSSR count). The highest BCUT2D eigenvalue weighted by atomic mass is 32.1. The number of aryl methyl sites for hydroxylation is 2. The molecule has 0 radical (unpaired) electrons. The zero-order valence-corrected chi connectivity index (χ0v) is 21.1. The lowest BCUT2D eigenvalue weighted by Crippen LogP contribution is -2.29. The number of aromatic nitrogens is 1. The van der Waals surface area contributed by atoms with Crippen LogP contribution >= 0.6 is 11.3 Å². The van der Waals surface area contributed by atoms with E-state index in [-0.39, 0.29) is 11.3 Å². The van der Waals surface area contributed by atoms with Crippen molar-refractivity contribution < 1.29 is 19.4 Å². The number of aliphatic hydroxyl groups is 1. The Bertz CT molecular complexity index is 1490. The smallest absolute Gasteiger partial charge is 0.301 e. The molecule has 1 fully saturated rings. The van der Waals surface area contributed by atoms with Crippen molar-refractivity contribution in [3.63, 3.8) is 0 Å². The number of amides is 1. The molecule has 2 heterocycles. The van der Waals surface area contributed by atoms with Crippen molar-refractivity contribution >= 4 is 44.1 Å². The third-order valence-electron chi connectivity index (χ3n) is 6.18. The quantitative estimate of drug-likeness (QED) is 0.191. The van der Waals surface area contributed by atoms with Gasteiger partial charge in [0.2, 0.25) is 0 Å². The molecule has 0 bridgehead atoms. The highest BCUT2D eigenvalue weighted by molar-refractivity contribution is 7.22. The minimum atomic E-state index is -0.803. The van der Waals surface area contributed by atoms with Crippen LogP contribution in [0.1, 0.15) is 41.6 Å². The van der Waals surface area contributed by atoms with Gasteiger partial charge < -0.3 is 9.84 Å². The molecule has 6 nitrogen and oxygen atoms in total. The van der Waals surface area contributed by atoms with Gasteiger partial charge in [-0.2, -0.15) is 0 Å². The first-order valence-electron chi connectivity index (χ1n) is 11.9. The molecule has 0 saturated carbocycles. The van der Waals surface area contributed by atoms with Crippen LogP contribution in [0.3, 0.4) is 0 Å². The first-order chi connectivity index (χ1) is 17.4. The van der Waals surface area contributed by atoms with E-state index in [1.807, 2.05) is 63.2 Å². The number of hydrogen-bond acceptors (Lipinski definition) is 6. The number of nitrogens with zero attached hydrogens (tertiary/aromatic N) is 2. The maximum Gasteiger partial charge on any atom is 0.301 e. The lowest BCUT2D eigenvalue weighted by Gasteiger charge is -2.23. The van der Waals surface area contributed by atoms with Gasteiger partial charge in [-0.25, -0.2) is 4.98 Å². The minimum Gasteiger partial charge on any atom is -0.507 e. The summed E-state index contributed by atoms with van der Waals surface area (Å²) in [4.78, 5) is 32.9. The fourth-order valence-corrected chi connectivity index (χ4v) is 5.39. The molecule has 1 amide bonds. The molecular formula is C29H26N2O4S. The van der Waals surface area contributed by atoms with E-state index in [1.165, 1.54) is 16.2 Å². The van der Waals surface area contributed by atoms with Gasteiger partial charge in [-0.3, -0.25) is 14.5 Å². The van der Waals surface area contributed by atoms with Gasteiger partial charge >= 0.3 is 5.91 Å². The number of rotatable bonds is 6. The van der Waals surface area contributed by atoms with Crippen molar-refractivity contribution in [2.24, 2.45) is 0 Å². The van der Waals surface area contributed by atoms with Gasteiger partial charge in [0, 0.05) is 5.56 Å². The average Bonchev–Trinajstić information content (AvgIpc) is 3.40. The van der Waals surface area contributed by atoms with Crippen molar-refractivity contribution in [1.82, 2.24) is 4.98 Å². The van der Waals surface area contributed by atoms with Gasteiger partial charge in [-0.1, -0.05) is 54.2 Å². The van der Waals surface area contributed by atoms with Crippen LogP contribution in [-0.2, 0) is 9.59 Å². The maximum atomic E-state index is 13.4. The summed E-state index contributed by atoms with van der Waals surface area (Å²) in [6.07, 6.45) is 0.882. The molecular weight excluding hydrogens is 472 g/mol. The fourth-order valence-electron chi connectivity index (χ4n) is 4.30. The summed E-state index contributed by atoms with van der Waals surface area (Å²) in [5.74, 6) is -0.991. The topological polar surface area (TPSA) is 79.7 Å². The molecule has 1 aliphatic rings. The Kier molecular flexibility index (Phi) is 6.33. The molecule has 0 aliphatic carbocycles. The van der Waals surface area contributed by atoms with Crippen LogP contribution in [0.15, 0.2) is 72.3 Å². The Hall–Kier alpha value is -3.97. The average molecular weight is 499 g/mol. The van der Waals surface area contributed by atoms with E-state index >= 15 is 0 Å². The molecule has 1 saturated heterocycles. The highest BCUT2D eigenvalue weighted by Gasteiger charge is 2.48. The van der Waals surface area contributed by atoms with Gasteiger partial charge in [0.15, 0.2) is 5.13 Å². The summed E-state index contributed by atoms with van der Waals surface area (Å²) in [6.45, 7) is 6.58. The lowest BCUT2D eigenvalue weighted by atomic mass is 9.95. The number of ether oxygens (including phenoxy) is 1. The molecule has 1 aromatic heterocycles. The molecule has 0 spiro atoms. The first-order valence-corrected chi connectivity index (χ1v) is 12.7. The van der Waals surface area contributed by atoms with Crippen molar-refractivity contribution in [2.45, 2.75) is 33.2 Å². The van der Waals surface area contributed by atoms with Gasteiger partial charge in [-0.15, -0.1) is 0 Å². The number of carbonyl (C=O) groups excluding carboxylic acids is 2. The Labute approximate surface area is 213 Å². The Morgan fingerprint density at radius 1 is 1.00 bits per heavy atom. The number of Topliss-reactive ketones (excluding diaryl/α,β-unsaturated/α-hetero) is 1. The molecule has 1 unspecified atom stereocenters. The molecule has 4 aromatic rings.